The number of benzene rings is 2. The van der Waals surface area contributed by atoms with Gasteiger partial charge in [-0.05, 0) is 77.6 Å². The highest BCUT2D eigenvalue weighted by Crippen LogP contribution is 2.33. The number of rotatable bonds is 10. The lowest BCUT2D eigenvalue weighted by molar-refractivity contribution is -0.144. The van der Waals surface area contributed by atoms with Crippen molar-refractivity contribution < 1.29 is 23.9 Å². The fourth-order valence-electron chi connectivity index (χ4n) is 4.28. The van der Waals surface area contributed by atoms with Crippen LogP contribution in [0.4, 0.5) is 10.5 Å². The van der Waals surface area contributed by atoms with Crippen LogP contribution < -0.4 is 16.4 Å². The van der Waals surface area contributed by atoms with Gasteiger partial charge in [0.1, 0.15) is 17.7 Å². The Hall–Kier alpha value is -3.59. The molecular weight excluding hydrogens is 532 g/mol. The molecule has 3 atom stereocenters. The highest BCUT2D eigenvalue weighted by molar-refractivity contribution is 6.34. The maximum Gasteiger partial charge on any atom is 0.408 e. The zero-order valence-electron chi connectivity index (χ0n) is 24.6. The number of carbonyl (C=O) groups excluding carboxylic acids is 4. The molecule has 0 aliphatic rings. The van der Waals surface area contributed by atoms with E-state index < -0.39 is 54.0 Å². The zero-order valence-corrected chi connectivity index (χ0v) is 25.3. The van der Waals surface area contributed by atoms with Crippen LogP contribution in [-0.2, 0) is 19.1 Å². The number of halogens is 1. The maximum atomic E-state index is 14.2. The van der Waals surface area contributed by atoms with Crippen LogP contribution in [0.2, 0.25) is 5.02 Å². The van der Waals surface area contributed by atoms with Gasteiger partial charge >= 0.3 is 6.09 Å². The Labute approximate surface area is 241 Å². The summed E-state index contributed by atoms with van der Waals surface area (Å²) in [4.78, 5) is 54.4. The number of amides is 4. The summed E-state index contributed by atoms with van der Waals surface area (Å²) >= 11 is 6.42. The van der Waals surface area contributed by atoms with Crippen molar-refractivity contribution in [2.45, 2.75) is 92.0 Å². The van der Waals surface area contributed by atoms with Crippen molar-refractivity contribution in [3.63, 3.8) is 0 Å². The van der Waals surface area contributed by atoms with Gasteiger partial charge in [0, 0.05) is 6.04 Å². The second-order valence-electron chi connectivity index (χ2n) is 11.1. The van der Waals surface area contributed by atoms with Gasteiger partial charge in [-0.2, -0.15) is 0 Å². The Morgan fingerprint density at radius 3 is 2.25 bits per heavy atom. The number of nitrogens with one attached hydrogen (secondary N) is 2. The standard InChI is InChI=1S/C30H41ClN4O5/c1-9-20(5)35(28(38)23(16-24(32)36)33-29(39)40-30(6,7)8)26(21-15-17(2)13-14-18(21)3)27(37)34-25-19(4)11-10-12-22(25)31/h10-15,20,23,26H,9,16H2,1-8H3,(H2,32,36)(H,33,39)(H,34,37). The van der Waals surface area contributed by atoms with Crippen LogP contribution in [0.3, 0.4) is 0 Å². The van der Waals surface area contributed by atoms with Gasteiger partial charge in [-0.25, -0.2) is 4.79 Å². The Morgan fingerprint density at radius 1 is 1.05 bits per heavy atom. The van der Waals surface area contributed by atoms with Crippen LogP contribution in [0.1, 0.15) is 75.8 Å². The van der Waals surface area contributed by atoms with E-state index in [0.29, 0.717) is 22.7 Å². The maximum absolute atomic E-state index is 14.2. The molecule has 0 aliphatic heterocycles. The van der Waals surface area contributed by atoms with Gasteiger partial charge in [-0.15, -0.1) is 0 Å². The molecule has 0 spiro atoms. The highest BCUT2D eigenvalue weighted by Gasteiger charge is 2.40. The molecule has 218 valence electrons. The van der Waals surface area contributed by atoms with E-state index in [9.17, 15) is 19.2 Å². The van der Waals surface area contributed by atoms with E-state index in [4.69, 9.17) is 22.1 Å². The summed E-state index contributed by atoms with van der Waals surface area (Å²) in [7, 11) is 0. The van der Waals surface area contributed by atoms with E-state index in [1.807, 2.05) is 52.0 Å². The van der Waals surface area contributed by atoms with Crippen LogP contribution >= 0.6 is 11.6 Å². The topological polar surface area (TPSA) is 131 Å². The Kier molecular flexibility index (Phi) is 11.1. The molecule has 0 heterocycles. The van der Waals surface area contributed by atoms with Crippen LogP contribution in [-0.4, -0.2) is 46.4 Å². The molecule has 4 N–H and O–H groups in total. The second-order valence-corrected chi connectivity index (χ2v) is 11.5. The van der Waals surface area contributed by atoms with Crippen LogP contribution in [0.15, 0.2) is 36.4 Å². The molecule has 2 aromatic rings. The number of anilines is 1. The summed E-state index contributed by atoms with van der Waals surface area (Å²) in [5.41, 5.74) is 8.10. The van der Waals surface area contributed by atoms with Crippen molar-refractivity contribution in [2.24, 2.45) is 5.73 Å². The molecular formula is C30H41ClN4O5. The average molecular weight is 573 g/mol. The summed E-state index contributed by atoms with van der Waals surface area (Å²) in [6.45, 7) is 14.3. The number of nitrogens with zero attached hydrogens (tertiary/aromatic N) is 1. The Morgan fingerprint density at radius 2 is 1.70 bits per heavy atom. The molecule has 0 radical (unpaired) electrons. The third kappa shape index (κ3) is 8.71. The van der Waals surface area contributed by atoms with Crippen molar-refractivity contribution in [3.8, 4) is 0 Å². The number of carbonyl (C=O) groups is 4. The lowest BCUT2D eigenvalue weighted by Crippen LogP contribution is -2.55. The zero-order chi connectivity index (χ0) is 30.4. The van der Waals surface area contributed by atoms with Crippen molar-refractivity contribution in [2.75, 3.05) is 5.32 Å². The monoisotopic (exact) mass is 572 g/mol. The van der Waals surface area contributed by atoms with Crippen LogP contribution in [0.5, 0.6) is 0 Å². The van der Waals surface area contributed by atoms with E-state index in [1.165, 1.54) is 4.90 Å². The average Bonchev–Trinajstić information content (AvgIpc) is 2.83. The third-order valence-corrected chi connectivity index (χ3v) is 6.76. The summed E-state index contributed by atoms with van der Waals surface area (Å²) in [5, 5.41) is 5.77. The quantitative estimate of drug-likeness (QED) is 0.353. The van der Waals surface area contributed by atoms with E-state index in [0.717, 1.165) is 16.7 Å². The molecule has 0 aromatic heterocycles. The first-order chi connectivity index (χ1) is 18.5. The van der Waals surface area contributed by atoms with Gasteiger partial charge in [0.15, 0.2) is 0 Å². The minimum absolute atomic E-state index is 0.354. The number of hydrogen-bond donors (Lipinski definition) is 3. The lowest BCUT2D eigenvalue weighted by atomic mass is 9.94. The molecule has 0 bridgehead atoms. The van der Waals surface area contributed by atoms with E-state index in [1.54, 1.807) is 39.8 Å². The predicted molar refractivity (Wildman–Crippen MR) is 157 cm³/mol. The third-order valence-electron chi connectivity index (χ3n) is 6.44. The van der Waals surface area contributed by atoms with Gasteiger partial charge in [-0.3, -0.25) is 14.4 Å². The molecule has 0 fully saturated rings. The van der Waals surface area contributed by atoms with Crippen molar-refractivity contribution in [3.05, 3.63) is 63.7 Å². The Bertz CT molecular complexity index is 1240. The first-order valence-electron chi connectivity index (χ1n) is 13.3. The summed E-state index contributed by atoms with van der Waals surface area (Å²) in [6, 6.07) is 7.98. The number of nitrogens with two attached hydrogens (primary N) is 1. The molecule has 3 unspecified atom stereocenters. The Balaban J connectivity index is 2.68. The number of ether oxygens (including phenoxy) is 1. The van der Waals surface area contributed by atoms with Crippen LogP contribution in [0.25, 0.3) is 0 Å². The van der Waals surface area contributed by atoms with E-state index in [2.05, 4.69) is 10.6 Å². The molecule has 2 aromatic carbocycles. The number of para-hydroxylation sites is 1. The molecule has 0 saturated carbocycles. The summed E-state index contributed by atoms with van der Waals surface area (Å²) < 4.78 is 5.33. The summed E-state index contributed by atoms with van der Waals surface area (Å²) in [6.07, 6.45) is -0.868. The molecule has 10 heteroatoms. The smallest absolute Gasteiger partial charge is 0.408 e. The summed E-state index contributed by atoms with van der Waals surface area (Å²) in [5.74, 6) is -1.93. The number of aryl methyl sites for hydroxylation is 3. The fraction of sp³-hybridized carbons (Fsp3) is 0.467. The van der Waals surface area contributed by atoms with Crippen molar-refractivity contribution in [1.82, 2.24) is 10.2 Å². The van der Waals surface area contributed by atoms with Gasteiger partial charge < -0.3 is 26.0 Å². The van der Waals surface area contributed by atoms with Crippen molar-refractivity contribution >= 4 is 41.1 Å². The minimum Gasteiger partial charge on any atom is -0.444 e. The number of alkyl carbamates (subject to hydrolysis) is 1. The number of hydrogen-bond acceptors (Lipinski definition) is 5. The first kappa shape index (κ1) is 32.6. The van der Waals surface area contributed by atoms with Gasteiger partial charge in [0.05, 0.1) is 17.1 Å². The van der Waals surface area contributed by atoms with Gasteiger partial charge in [-0.1, -0.05) is 54.4 Å². The lowest BCUT2D eigenvalue weighted by Gasteiger charge is -2.38. The SMILES string of the molecule is CCC(C)N(C(=O)C(CC(N)=O)NC(=O)OC(C)(C)C)C(C(=O)Nc1c(C)cccc1Cl)c1cc(C)ccc1C. The normalized spacial score (nSPS) is 13.5. The highest BCUT2D eigenvalue weighted by atomic mass is 35.5. The predicted octanol–water partition coefficient (Wildman–Crippen LogP) is 5.34. The molecule has 0 aliphatic carbocycles. The molecule has 0 saturated heterocycles. The van der Waals surface area contributed by atoms with Crippen LogP contribution in [0, 0.1) is 20.8 Å². The molecule has 2 rings (SSSR count). The van der Waals surface area contributed by atoms with E-state index in [-0.39, 0.29) is 0 Å². The minimum atomic E-state index is -1.36. The van der Waals surface area contributed by atoms with Gasteiger partial charge in [0.2, 0.25) is 11.8 Å². The van der Waals surface area contributed by atoms with Gasteiger partial charge in [0.25, 0.3) is 5.91 Å². The molecule has 9 nitrogen and oxygen atoms in total. The fourth-order valence-corrected chi connectivity index (χ4v) is 4.55. The second kappa shape index (κ2) is 13.7. The molecule has 4 amide bonds. The largest absolute Gasteiger partial charge is 0.444 e. The number of primary amides is 1. The molecule has 40 heavy (non-hydrogen) atoms. The van der Waals surface area contributed by atoms with Crippen molar-refractivity contribution in [1.29, 1.82) is 0 Å². The first-order valence-corrected chi connectivity index (χ1v) is 13.7. The van der Waals surface area contributed by atoms with E-state index >= 15 is 0 Å².